The quantitative estimate of drug-likeness (QED) is 0.0888. The Balaban J connectivity index is 0.00000612. The van der Waals surface area contributed by atoms with Crippen molar-refractivity contribution in [2.24, 2.45) is 46.3 Å². The third-order valence-electron chi connectivity index (χ3n) is 16.6. The molecule has 0 spiro atoms. The summed E-state index contributed by atoms with van der Waals surface area (Å²) >= 11 is 0. The predicted molar refractivity (Wildman–Crippen MR) is 213 cm³/mol. The fourth-order valence-electron chi connectivity index (χ4n) is 13.3. The second kappa shape index (κ2) is 19.9. The Morgan fingerprint density at radius 3 is 2.03 bits per heavy atom. The molecule has 358 valence electrons. The second-order valence-electron chi connectivity index (χ2n) is 20.9. The van der Waals surface area contributed by atoms with E-state index in [-0.39, 0.29) is 70.7 Å². The molecule has 8 aliphatic rings. The topological polar surface area (TPSA) is 284 Å². The van der Waals surface area contributed by atoms with Crippen molar-refractivity contribution in [3.63, 3.8) is 0 Å². The van der Waals surface area contributed by atoms with Gasteiger partial charge in [-0.1, -0.05) is 46.3 Å². The summed E-state index contributed by atoms with van der Waals surface area (Å²) in [5, 5.41) is 100. The van der Waals surface area contributed by atoms with Gasteiger partial charge in [-0.15, -0.1) is 0 Å². The molecule has 64 heavy (non-hydrogen) atoms. The van der Waals surface area contributed by atoms with E-state index in [1.165, 1.54) is 5.57 Å². The van der Waals surface area contributed by atoms with Crippen LogP contribution in [-0.4, -0.2) is 170 Å². The third kappa shape index (κ3) is 9.23. The number of carbonyl (C=O) groups excluding carboxylic acids is 2. The fourth-order valence-corrected chi connectivity index (χ4v) is 13.3. The van der Waals surface area contributed by atoms with E-state index >= 15 is 0 Å². The number of allylic oxidation sites excluding steroid dienone is 1. The van der Waals surface area contributed by atoms with Crippen molar-refractivity contribution in [1.29, 1.82) is 0 Å². The second-order valence-corrected chi connectivity index (χ2v) is 20.9. The van der Waals surface area contributed by atoms with Gasteiger partial charge in [-0.2, -0.15) is 0 Å². The van der Waals surface area contributed by atoms with Crippen LogP contribution in [0.2, 0.25) is 0 Å². The van der Waals surface area contributed by atoms with Crippen LogP contribution < -0.4 is 34.7 Å². The van der Waals surface area contributed by atoms with Crippen LogP contribution in [0.4, 0.5) is 0 Å². The summed E-state index contributed by atoms with van der Waals surface area (Å²) in [6, 6.07) is 0. The summed E-state index contributed by atoms with van der Waals surface area (Å²) in [7, 11) is 0. The van der Waals surface area contributed by atoms with Crippen molar-refractivity contribution in [2.75, 3.05) is 13.2 Å². The summed E-state index contributed by atoms with van der Waals surface area (Å²) in [5.41, 5.74) is 0.957. The molecular weight excluding hydrogens is 851 g/mol. The molecule has 19 heteroatoms. The minimum absolute atomic E-state index is 0. The Bertz CT molecular complexity index is 1690. The maximum Gasteiger partial charge on any atom is 1.00 e. The van der Waals surface area contributed by atoms with Crippen LogP contribution in [0.25, 0.3) is 0 Å². The van der Waals surface area contributed by atoms with Gasteiger partial charge < -0.3 is 83.9 Å². The molecule has 18 nitrogen and oxygen atoms in total. The molecule has 0 aromatic rings. The summed E-state index contributed by atoms with van der Waals surface area (Å²) < 4.78 is 43.2. The van der Waals surface area contributed by atoms with Crippen molar-refractivity contribution in [2.45, 2.75) is 197 Å². The average molecular weight is 921 g/mol. The number of carboxylic acid groups (broad SMARTS) is 1. The van der Waals surface area contributed by atoms with Gasteiger partial charge in [-0.25, -0.2) is 0 Å². The van der Waals surface area contributed by atoms with Gasteiger partial charge in [-0.05, 0) is 91.3 Å². The summed E-state index contributed by atoms with van der Waals surface area (Å²) in [6.07, 6.45) is -19.1. The minimum Gasteiger partial charge on any atom is -0.547 e. The number of carbonyl (C=O) groups is 2. The Morgan fingerprint density at radius 1 is 0.719 bits per heavy atom. The molecule has 0 radical (unpaired) electrons. The molecule has 3 saturated carbocycles. The molecule has 0 amide bonds. The van der Waals surface area contributed by atoms with E-state index < -0.39 is 117 Å². The van der Waals surface area contributed by atoms with E-state index in [0.29, 0.717) is 49.7 Å². The van der Waals surface area contributed by atoms with E-state index in [0.717, 1.165) is 25.7 Å². The van der Waals surface area contributed by atoms with Gasteiger partial charge in [0.2, 0.25) is 0 Å². The smallest absolute Gasteiger partial charge is 0.547 e. The number of aliphatic hydroxyl groups is 8. The number of ether oxygens (including phenoxy) is 7. The molecule has 0 aromatic heterocycles. The SMILES string of the molecule is CC(C)CC(=O)CC(C)C1CC[C@H]2C3=C[C@H]4OCC5OC(OC6C(OC(CO)C(O)C6O)OC6C(OC(C(=O)[O-])C(O)C6O)O[C@H]6CC[C@](C)(C3CC[C@]12C)C4C6)C(O)C(O)C5O.[Na+]. The first kappa shape index (κ1) is 51.1. The van der Waals surface area contributed by atoms with Gasteiger partial charge >= 0.3 is 29.6 Å². The molecule has 4 aliphatic heterocycles. The molecule has 19 unspecified atom stereocenters. The number of aliphatic hydroxyl groups excluding tert-OH is 8. The maximum absolute atomic E-state index is 13.0. The van der Waals surface area contributed by atoms with Crippen LogP contribution in [-0.2, 0) is 42.7 Å². The van der Waals surface area contributed by atoms with Gasteiger partial charge in [0.15, 0.2) is 18.9 Å². The van der Waals surface area contributed by atoms with Crippen molar-refractivity contribution in [3.8, 4) is 0 Å². The number of Topliss-reactive ketones (excluding diaryl/α,β-unsaturated/α-hetero) is 1. The van der Waals surface area contributed by atoms with Gasteiger partial charge in [0.25, 0.3) is 0 Å². The van der Waals surface area contributed by atoms with Crippen molar-refractivity contribution < 1.29 is 118 Å². The molecule has 8 N–H and O–H groups in total. The Morgan fingerprint density at radius 2 is 1.36 bits per heavy atom. The van der Waals surface area contributed by atoms with Crippen molar-refractivity contribution in [3.05, 3.63) is 11.6 Å². The van der Waals surface area contributed by atoms with Crippen LogP contribution in [0, 0.1) is 46.3 Å². The van der Waals surface area contributed by atoms with Gasteiger partial charge in [0.1, 0.15) is 79.0 Å². The average Bonchev–Trinajstić information content (AvgIpc) is 3.59. The minimum atomic E-state index is -2.08. The zero-order valence-corrected chi connectivity index (χ0v) is 39.8. The molecule has 24 atom stereocenters. The van der Waals surface area contributed by atoms with Crippen LogP contribution in [0.3, 0.4) is 0 Å². The fraction of sp³-hybridized carbons (Fsp3) is 0.911. The predicted octanol–water partition coefficient (Wildman–Crippen LogP) is -4.18. The normalized spacial score (nSPS) is 51.0. The molecule has 4 saturated heterocycles. The number of fused-ring (bicyclic) bond motifs is 9. The Hall–Kier alpha value is -0.720. The number of aliphatic carboxylic acids is 1. The van der Waals surface area contributed by atoms with Crippen LogP contribution in [0.15, 0.2) is 11.6 Å². The van der Waals surface area contributed by atoms with Gasteiger partial charge in [0.05, 0.1) is 31.4 Å². The first-order valence-electron chi connectivity index (χ1n) is 23.1. The van der Waals surface area contributed by atoms with Crippen molar-refractivity contribution >= 4 is 11.8 Å². The van der Waals surface area contributed by atoms with E-state index in [1.54, 1.807) is 0 Å². The van der Waals surface area contributed by atoms with Gasteiger partial charge in [-0.3, -0.25) is 4.79 Å². The van der Waals surface area contributed by atoms with E-state index in [1.807, 2.05) is 0 Å². The standard InChI is InChI=1S/C45H70O18.Na/c1-18(2)12-20(47)13-19(3)23-6-7-24-22-15-27-26-14-21(8-10-45(26,5)25(22)9-11-44(23,24)4)58-42-39(35(53)34(52)37(61-42)40(55)56)63-43-38(33(51)30(48)28(16-46)59-43)62-41-36(54)32(50)31(49)29(60-41)17-57-27;/h15,18-19,21,23-39,41-43,46,48-54H,6-14,16-17H2,1-5H3,(H,55,56);/q;+1/p-1/t19?,21-,23?,24-,25?,26?,27+,28?,29?,30?,31?,32?,33?,34?,35?,36?,37?,38?,39?,41?,42?,43?,44+,45+;/m0./s1. The summed E-state index contributed by atoms with van der Waals surface area (Å²) in [5.74, 6) is -0.396. The zero-order valence-electron chi connectivity index (χ0n) is 37.8. The Labute approximate surface area is 396 Å². The monoisotopic (exact) mass is 920 g/mol. The van der Waals surface area contributed by atoms with E-state index in [9.17, 15) is 55.5 Å². The number of ketones is 1. The summed E-state index contributed by atoms with van der Waals surface area (Å²) in [4.78, 5) is 25.2. The molecule has 4 aliphatic carbocycles. The number of hydrogen-bond donors (Lipinski definition) is 8. The van der Waals surface area contributed by atoms with Crippen LogP contribution in [0.1, 0.15) is 92.4 Å². The first-order valence-corrected chi connectivity index (χ1v) is 23.1. The molecule has 4 bridgehead atoms. The van der Waals surface area contributed by atoms with Crippen LogP contribution in [0.5, 0.6) is 0 Å². The molecule has 0 aromatic carbocycles. The summed E-state index contributed by atoms with van der Waals surface area (Å²) in [6.45, 7) is 9.93. The number of hydrogen-bond acceptors (Lipinski definition) is 18. The van der Waals surface area contributed by atoms with E-state index in [4.69, 9.17) is 33.2 Å². The van der Waals surface area contributed by atoms with E-state index in [2.05, 4.69) is 40.7 Å². The molecule has 8 rings (SSSR count). The molecule has 7 fully saturated rings. The Kier molecular flexibility index (Phi) is 15.9. The number of carboxylic acids is 1. The zero-order chi connectivity index (χ0) is 45.4. The third-order valence-corrected chi connectivity index (χ3v) is 16.6. The molecular formula is C45H69NaO18. The maximum atomic E-state index is 13.0. The van der Waals surface area contributed by atoms with Crippen LogP contribution >= 0.6 is 0 Å². The number of rotatable bonds is 7. The van der Waals surface area contributed by atoms with Crippen molar-refractivity contribution in [1.82, 2.24) is 0 Å². The van der Waals surface area contributed by atoms with Gasteiger partial charge in [0, 0.05) is 12.8 Å². The molecule has 4 heterocycles. The first-order chi connectivity index (χ1) is 29.8. The largest absolute Gasteiger partial charge is 1.00 e.